The fourth-order valence-corrected chi connectivity index (χ4v) is 2.83. The first-order valence-electron chi connectivity index (χ1n) is 6.33. The van der Waals surface area contributed by atoms with Gasteiger partial charge in [-0.3, -0.25) is 0 Å². The number of likely N-dealkylation sites (tertiary alicyclic amines) is 1. The highest BCUT2D eigenvalue weighted by atomic mass is 16.5. The first kappa shape index (κ1) is 11.4. The van der Waals surface area contributed by atoms with E-state index in [-0.39, 0.29) is 0 Å². The largest absolute Gasteiger partial charge is 0.384 e. The Morgan fingerprint density at radius 1 is 1.40 bits per heavy atom. The van der Waals surface area contributed by atoms with Gasteiger partial charge in [-0.05, 0) is 51.2 Å². The second-order valence-electron chi connectivity index (χ2n) is 4.99. The van der Waals surface area contributed by atoms with E-state index in [1.807, 2.05) is 7.11 Å². The number of rotatable bonds is 5. The van der Waals surface area contributed by atoms with Gasteiger partial charge in [0, 0.05) is 19.7 Å². The molecule has 0 aliphatic carbocycles. The summed E-state index contributed by atoms with van der Waals surface area (Å²) >= 11 is 0. The van der Waals surface area contributed by atoms with Crippen molar-refractivity contribution >= 4 is 0 Å². The molecule has 0 aromatic heterocycles. The van der Waals surface area contributed by atoms with Gasteiger partial charge in [0.25, 0.3) is 0 Å². The lowest BCUT2D eigenvalue weighted by molar-refractivity contribution is 0.153. The van der Waals surface area contributed by atoms with Gasteiger partial charge in [0.15, 0.2) is 0 Å². The van der Waals surface area contributed by atoms with Crippen LogP contribution in [0, 0.1) is 5.92 Å². The molecule has 0 bridgehead atoms. The van der Waals surface area contributed by atoms with Crippen LogP contribution in [0.3, 0.4) is 0 Å². The van der Waals surface area contributed by atoms with Gasteiger partial charge in [0.05, 0.1) is 6.61 Å². The van der Waals surface area contributed by atoms with Crippen molar-refractivity contribution < 1.29 is 4.74 Å². The quantitative estimate of drug-likeness (QED) is 0.738. The zero-order valence-corrected chi connectivity index (χ0v) is 9.87. The Morgan fingerprint density at radius 3 is 3.07 bits per heavy atom. The van der Waals surface area contributed by atoms with Crippen LogP contribution < -0.4 is 5.32 Å². The third-order valence-electron chi connectivity index (χ3n) is 3.73. The number of methoxy groups -OCH3 is 1. The predicted octanol–water partition coefficient (Wildman–Crippen LogP) is 1.10. The maximum Gasteiger partial charge on any atom is 0.0503 e. The van der Waals surface area contributed by atoms with Crippen molar-refractivity contribution in [1.29, 1.82) is 0 Å². The molecule has 2 aliphatic rings. The van der Waals surface area contributed by atoms with Crippen LogP contribution in [0.25, 0.3) is 0 Å². The number of nitrogens with zero attached hydrogens (tertiary/aromatic N) is 1. The van der Waals surface area contributed by atoms with Crippen LogP contribution in [0.15, 0.2) is 0 Å². The molecule has 3 nitrogen and oxygen atoms in total. The molecule has 2 unspecified atom stereocenters. The van der Waals surface area contributed by atoms with Crippen molar-refractivity contribution in [2.75, 3.05) is 39.9 Å². The summed E-state index contributed by atoms with van der Waals surface area (Å²) in [6, 6.07) is 0.798. The molecule has 0 radical (unpaired) electrons. The van der Waals surface area contributed by atoms with Gasteiger partial charge < -0.3 is 15.0 Å². The third kappa shape index (κ3) is 3.44. The van der Waals surface area contributed by atoms with Crippen LogP contribution in [0.4, 0.5) is 0 Å². The average Bonchev–Trinajstić information content (AvgIpc) is 2.85. The summed E-state index contributed by atoms with van der Waals surface area (Å²) in [5.41, 5.74) is 0. The van der Waals surface area contributed by atoms with Crippen molar-refractivity contribution in [1.82, 2.24) is 10.2 Å². The molecule has 2 aliphatic heterocycles. The van der Waals surface area contributed by atoms with E-state index in [0.29, 0.717) is 0 Å². The first-order valence-corrected chi connectivity index (χ1v) is 6.33. The minimum absolute atomic E-state index is 0.784. The zero-order chi connectivity index (χ0) is 10.5. The van der Waals surface area contributed by atoms with Crippen molar-refractivity contribution in [2.45, 2.75) is 31.7 Å². The van der Waals surface area contributed by atoms with Crippen LogP contribution in [0.2, 0.25) is 0 Å². The van der Waals surface area contributed by atoms with Crippen LogP contribution in [-0.4, -0.2) is 50.8 Å². The van der Waals surface area contributed by atoms with Gasteiger partial charge in [-0.1, -0.05) is 0 Å². The SMILES string of the molecule is COCC1CCN(CCC2CCCN2)C1. The minimum atomic E-state index is 0.784. The molecule has 0 amide bonds. The average molecular weight is 212 g/mol. The van der Waals surface area contributed by atoms with E-state index in [9.17, 15) is 0 Å². The summed E-state index contributed by atoms with van der Waals surface area (Å²) < 4.78 is 5.21. The molecule has 3 heteroatoms. The highest BCUT2D eigenvalue weighted by Gasteiger charge is 2.23. The molecule has 2 saturated heterocycles. The molecule has 2 atom stereocenters. The number of hydrogen-bond acceptors (Lipinski definition) is 3. The summed E-state index contributed by atoms with van der Waals surface area (Å²) in [7, 11) is 1.81. The van der Waals surface area contributed by atoms with E-state index in [1.165, 1.54) is 51.9 Å². The Kier molecular flexibility index (Phi) is 4.42. The summed E-state index contributed by atoms with van der Waals surface area (Å²) in [4.78, 5) is 2.60. The Morgan fingerprint density at radius 2 is 2.33 bits per heavy atom. The summed E-state index contributed by atoms with van der Waals surface area (Å²) in [6.45, 7) is 5.98. The highest BCUT2D eigenvalue weighted by Crippen LogP contribution is 2.18. The molecule has 0 aromatic carbocycles. The molecule has 15 heavy (non-hydrogen) atoms. The topological polar surface area (TPSA) is 24.5 Å². The van der Waals surface area contributed by atoms with Crippen LogP contribution in [-0.2, 0) is 4.74 Å². The van der Waals surface area contributed by atoms with Gasteiger partial charge in [-0.15, -0.1) is 0 Å². The Labute approximate surface area is 93.2 Å². The molecule has 2 fully saturated rings. The number of hydrogen-bond donors (Lipinski definition) is 1. The monoisotopic (exact) mass is 212 g/mol. The van der Waals surface area contributed by atoms with Gasteiger partial charge >= 0.3 is 0 Å². The number of nitrogens with one attached hydrogen (secondary N) is 1. The van der Waals surface area contributed by atoms with Gasteiger partial charge in [-0.2, -0.15) is 0 Å². The summed E-state index contributed by atoms with van der Waals surface area (Å²) in [6.07, 6.45) is 5.41. The van der Waals surface area contributed by atoms with E-state index in [0.717, 1.165) is 18.6 Å². The Bertz CT molecular complexity index is 180. The molecule has 0 aromatic rings. The summed E-state index contributed by atoms with van der Waals surface area (Å²) in [5.74, 6) is 0.784. The molecular weight excluding hydrogens is 188 g/mol. The fourth-order valence-electron chi connectivity index (χ4n) is 2.83. The van der Waals surface area contributed by atoms with E-state index in [2.05, 4.69) is 10.2 Å². The van der Waals surface area contributed by atoms with Crippen molar-refractivity contribution in [2.24, 2.45) is 5.92 Å². The van der Waals surface area contributed by atoms with E-state index in [4.69, 9.17) is 4.74 Å². The van der Waals surface area contributed by atoms with E-state index < -0.39 is 0 Å². The molecule has 88 valence electrons. The zero-order valence-electron chi connectivity index (χ0n) is 9.87. The Hall–Kier alpha value is -0.120. The van der Waals surface area contributed by atoms with Crippen LogP contribution in [0.1, 0.15) is 25.7 Å². The second kappa shape index (κ2) is 5.83. The molecule has 2 rings (SSSR count). The smallest absolute Gasteiger partial charge is 0.0503 e. The maximum absolute atomic E-state index is 5.21. The van der Waals surface area contributed by atoms with Crippen LogP contribution in [0.5, 0.6) is 0 Å². The minimum Gasteiger partial charge on any atom is -0.384 e. The van der Waals surface area contributed by atoms with Gasteiger partial charge in [0.1, 0.15) is 0 Å². The number of ether oxygens (including phenoxy) is 1. The lowest BCUT2D eigenvalue weighted by Crippen LogP contribution is -2.29. The summed E-state index contributed by atoms with van der Waals surface area (Å²) in [5, 5.41) is 3.57. The van der Waals surface area contributed by atoms with E-state index >= 15 is 0 Å². The molecule has 2 heterocycles. The van der Waals surface area contributed by atoms with Crippen LogP contribution >= 0.6 is 0 Å². The standard InChI is InChI=1S/C12H24N2O/c1-15-10-11-4-7-14(9-11)8-5-12-3-2-6-13-12/h11-13H,2-10H2,1H3. The fraction of sp³-hybridized carbons (Fsp3) is 1.00. The molecular formula is C12H24N2O. The highest BCUT2D eigenvalue weighted by molar-refractivity contribution is 4.79. The normalized spacial score (nSPS) is 32.6. The van der Waals surface area contributed by atoms with Gasteiger partial charge in [0.2, 0.25) is 0 Å². The molecule has 1 N–H and O–H groups in total. The van der Waals surface area contributed by atoms with Crippen molar-refractivity contribution in [3.63, 3.8) is 0 Å². The van der Waals surface area contributed by atoms with Crippen molar-refractivity contribution in [3.05, 3.63) is 0 Å². The maximum atomic E-state index is 5.21. The van der Waals surface area contributed by atoms with Crippen molar-refractivity contribution in [3.8, 4) is 0 Å². The first-order chi connectivity index (χ1) is 7.38. The van der Waals surface area contributed by atoms with Gasteiger partial charge in [-0.25, -0.2) is 0 Å². The lowest BCUT2D eigenvalue weighted by Gasteiger charge is -2.18. The lowest BCUT2D eigenvalue weighted by atomic mass is 10.1. The van der Waals surface area contributed by atoms with E-state index in [1.54, 1.807) is 0 Å². The molecule has 0 spiro atoms. The second-order valence-corrected chi connectivity index (χ2v) is 4.99. The third-order valence-corrected chi connectivity index (χ3v) is 3.73. The molecule has 0 saturated carbocycles. The Balaban J connectivity index is 1.59. The predicted molar refractivity (Wildman–Crippen MR) is 62.1 cm³/mol.